The third-order valence-corrected chi connectivity index (χ3v) is 6.44. The molecular weight excluding hydrogens is 390 g/mol. The fraction of sp³-hybridized carbons (Fsp3) is 0.440. The van der Waals surface area contributed by atoms with Crippen LogP contribution >= 0.6 is 0 Å². The van der Waals surface area contributed by atoms with E-state index in [2.05, 4.69) is 45.9 Å². The summed E-state index contributed by atoms with van der Waals surface area (Å²) in [5.74, 6) is 0.185. The number of ether oxygens (including phenoxy) is 1. The van der Waals surface area contributed by atoms with Crippen LogP contribution in [0.5, 0.6) is 5.75 Å². The molecule has 164 valence electrons. The third kappa shape index (κ3) is 5.07. The summed E-state index contributed by atoms with van der Waals surface area (Å²) in [4.78, 5) is 27.0. The Balaban J connectivity index is 1.42. The molecule has 0 aromatic heterocycles. The zero-order chi connectivity index (χ0) is 21.8. The standard InChI is InChI=1S/C25H31N3O3/c1-17(29)26-19-11-12-23(24(15-19)31-2)25(30)27-20-13-21-9-6-10-22(14-20)28(21)16-18-7-4-3-5-8-18/h3-5,7-8,11-12,15,20-22H,6,9-10,13-14,16H2,1-2H3,(H,26,29)(H,27,30)/t20?,21-,22+. The highest BCUT2D eigenvalue weighted by atomic mass is 16.5. The lowest BCUT2D eigenvalue weighted by Gasteiger charge is -2.49. The largest absolute Gasteiger partial charge is 0.496 e. The number of hydrogen-bond donors (Lipinski definition) is 2. The highest BCUT2D eigenvalue weighted by Crippen LogP contribution is 2.35. The van der Waals surface area contributed by atoms with Gasteiger partial charge in [-0.1, -0.05) is 36.8 Å². The molecule has 2 heterocycles. The van der Waals surface area contributed by atoms with E-state index in [0.29, 0.717) is 29.1 Å². The molecule has 2 N–H and O–H groups in total. The fourth-order valence-corrected chi connectivity index (χ4v) is 5.07. The molecule has 0 aliphatic carbocycles. The van der Waals surface area contributed by atoms with E-state index >= 15 is 0 Å². The number of methoxy groups -OCH3 is 1. The second-order valence-electron chi connectivity index (χ2n) is 8.63. The molecule has 6 nitrogen and oxygen atoms in total. The Bertz CT molecular complexity index is 917. The molecule has 2 aliphatic heterocycles. The second kappa shape index (κ2) is 9.52. The molecule has 2 saturated heterocycles. The van der Waals surface area contributed by atoms with Crippen LogP contribution in [0.4, 0.5) is 5.69 Å². The number of anilines is 1. The van der Waals surface area contributed by atoms with Gasteiger partial charge in [0.25, 0.3) is 5.91 Å². The summed E-state index contributed by atoms with van der Waals surface area (Å²) in [5, 5.41) is 5.97. The van der Waals surface area contributed by atoms with Crippen molar-refractivity contribution in [3.8, 4) is 5.75 Å². The SMILES string of the molecule is COc1cc(NC(C)=O)ccc1C(=O)NC1C[C@H]2CCC[C@@H](C1)N2Cc1ccccc1. The summed E-state index contributed by atoms with van der Waals surface area (Å²) >= 11 is 0. The van der Waals surface area contributed by atoms with Gasteiger partial charge in [0.2, 0.25) is 5.91 Å². The van der Waals surface area contributed by atoms with Gasteiger partial charge in [-0.05, 0) is 43.4 Å². The predicted octanol–water partition coefficient (Wildman–Crippen LogP) is 3.97. The molecule has 1 unspecified atom stereocenters. The van der Waals surface area contributed by atoms with Crippen molar-refractivity contribution < 1.29 is 14.3 Å². The molecule has 0 spiro atoms. The van der Waals surface area contributed by atoms with E-state index in [1.54, 1.807) is 18.2 Å². The molecule has 31 heavy (non-hydrogen) atoms. The Kier molecular flexibility index (Phi) is 6.56. The maximum Gasteiger partial charge on any atom is 0.255 e. The van der Waals surface area contributed by atoms with Crippen molar-refractivity contribution in [1.29, 1.82) is 0 Å². The lowest BCUT2D eigenvalue weighted by Crippen LogP contribution is -2.56. The number of carbonyl (C=O) groups is 2. The quantitative estimate of drug-likeness (QED) is 0.740. The van der Waals surface area contributed by atoms with Gasteiger partial charge >= 0.3 is 0 Å². The Morgan fingerprint density at radius 2 is 1.77 bits per heavy atom. The average Bonchev–Trinajstić information content (AvgIpc) is 2.74. The van der Waals surface area contributed by atoms with Gasteiger partial charge in [-0.25, -0.2) is 0 Å². The van der Waals surface area contributed by atoms with Gasteiger partial charge in [-0.2, -0.15) is 0 Å². The van der Waals surface area contributed by atoms with Crippen LogP contribution in [0.15, 0.2) is 48.5 Å². The normalized spacial score (nSPS) is 23.1. The van der Waals surface area contributed by atoms with Crippen LogP contribution in [0.1, 0.15) is 54.9 Å². The van der Waals surface area contributed by atoms with Crippen LogP contribution in [0.2, 0.25) is 0 Å². The first-order valence-corrected chi connectivity index (χ1v) is 11.1. The fourth-order valence-electron chi connectivity index (χ4n) is 5.07. The van der Waals surface area contributed by atoms with E-state index in [1.807, 2.05) is 0 Å². The van der Waals surface area contributed by atoms with Crippen LogP contribution in [0, 0.1) is 0 Å². The van der Waals surface area contributed by atoms with Gasteiger partial charge in [-0.3, -0.25) is 14.5 Å². The second-order valence-corrected chi connectivity index (χ2v) is 8.63. The maximum atomic E-state index is 13.0. The van der Waals surface area contributed by atoms with Crippen molar-refractivity contribution in [1.82, 2.24) is 10.2 Å². The van der Waals surface area contributed by atoms with Crippen LogP contribution < -0.4 is 15.4 Å². The topological polar surface area (TPSA) is 70.7 Å². The highest BCUT2D eigenvalue weighted by molar-refractivity contribution is 5.98. The number of nitrogens with zero attached hydrogens (tertiary/aromatic N) is 1. The summed E-state index contributed by atoms with van der Waals surface area (Å²) in [5.41, 5.74) is 2.46. The van der Waals surface area contributed by atoms with Crippen molar-refractivity contribution in [2.24, 2.45) is 0 Å². The van der Waals surface area contributed by atoms with Gasteiger partial charge in [0.05, 0.1) is 12.7 Å². The first-order chi connectivity index (χ1) is 15.0. The number of amides is 2. The Labute approximate surface area is 184 Å². The van der Waals surface area contributed by atoms with Crippen molar-refractivity contribution in [3.63, 3.8) is 0 Å². The summed E-state index contributed by atoms with van der Waals surface area (Å²) in [7, 11) is 1.54. The molecule has 2 fully saturated rings. The average molecular weight is 422 g/mol. The minimum Gasteiger partial charge on any atom is -0.496 e. The van der Waals surface area contributed by atoms with Crippen molar-refractivity contribution >= 4 is 17.5 Å². The molecule has 2 amide bonds. The number of piperidine rings is 2. The van der Waals surface area contributed by atoms with Gasteiger partial charge in [0.1, 0.15) is 5.75 Å². The Morgan fingerprint density at radius 3 is 2.42 bits per heavy atom. The Hall–Kier alpha value is -2.86. The molecule has 0 radical (unpaired) electrons. The highest BCUT2D eigenvalue weighted by Gasteiger charge is 2.38. The molecule has 3 atom stereocenters. The minimum absolute atomic E-state index is 0.120. The van der Waals surface area contributed by atoms with E-state index in [9.17, 15) is 9.59 Å². The van der Waals surface area contributed by atoms with Gasteiger partial charge in [0, 0.05) is 43.3 Å². The number of rotatable bonds is 6. The smallest absolute Gasteiger partial charge is 0.255 e. The van der Waals surface area contributed by atoms with E-state index in [0.717, 1.165) is 19.4 Å². The summed E-state index contributed by atoms with van der Waals surface area (Å²) < 4.78 is 5.42. The van der Waals surface area contributed by atoms with Crippen LogP contribution in [-0.4, -0.2) is 41.9 Å². The zero-order valence-electron chi connectivity index (χ0n) is 18.3. The minimum atomic E-state index is -0.159. The first-order valence-electron chi connectivity index (χ1n) is 11.1. The Morgan fingerprint density at radius 1 is 1.06 bits per heavy atom. The van der Waals surface area contributed by atoms with Crippen molar-refractivity contribution in [2.45, 2.75) is 63.7 Å². The lowest BCUT2D eigenvalue weighted by molar-refractivity contribution is -0.114. The number of fused-ring (bicyclic) bond motifs is 2. The van der Waals surface area contributed by atoms with E-state index in [1.165, 1.54) is 38.9 Å². The third-order valence-electron chi connectivity index (χ3n) is 6.44. The summed E-state index contributed by atoms with van der Waals surface area (Å²) in [6, 6.07) is 16.9. The molecule has 2 aromatic carbocycles. The maximum absolute atomic E-state index is 13.0. The monoisotopic (exact) mass is 421 g/mol. The van der Waals surface area contributed by atoms with Crippen LogP contribution in [0.3, 0.4) is 0 Å². The van der Waals surface area contributed by atoms with E-state index < -0.39 is 0 Å². The number of nitrogens with one attached hydrogen (secondary N) is 2. The molecule has 6 heteroatoms. The number of hydrogen-bond acceptors (Lipinski definition) is 4. The summed E-state index contributed by atoms with van der Waals surface area (Å²) in [6.45, 7) is 2.43. The first kappa shape index (κ1) is 21.4. The van der Waals surface area contributed by atoms with Crippen molar-refractivity contribution in [2.75, 3.05) is 12.4 Å². The van der Waals surface area contributed by atoms with E-state index in [-0.39, 0.29) is 17.9 Å². The van der Waals surface area contributed by atoms with Crippen LogP contribution in [0.25, 0.3) is 0 Å². The number of carbonyl (C=O) groups excluding carboxylic acids is 2. The lowest BCUT2D eigenvalue weighted by atomic mass is 9.81. The zero-order valence-corrected chi connectivity index (χ0v) is 18.3. The molecule has 2 aromatic rings. The van der Waals surface area contributed by atoms with Gasteiger partial charge in [-0.15, -0.1) is 0 Å². The number of benzene rings is 2. The molecular formula is C25H31N3O3. The predicted molar refractivity (Wildman–Crippen MR) is 121 cm³/mol. The van der Waals surface area contributed by atoms with Gasteiger partial charge in [0.15, 0.2) is 0 Å². The van der Waals surface area contributed by atoms with Crippen molar-refractivity contribution in [3.05, 3.63) is 59.7 Å². The van der Waals surface area contributed by atoms with E-state index in [4.69, 9.17) is 4.74 Å². The summed E-state index contributed by atoms with van der Waals surface area (Å²) in [6.07, 6.45) is 5.58. The molecule has 2 aliphatic rings. The molecule has 2 bridgehead atoms. The van der Waals surface area contributed by atoms with Crippen LogP contribution in [-0.2, 0) is 11.3 Å². The molecule has 4 rings (SSSR count). The van der Waals surface area contributed by atoms with Gasteiger partial charge < -0.3 is 15.4 Å². The molecule has 0 saturated carbocycles.